The molecular formula is C46H54N5O9P. The number of hydroxylamine groups is 2. The normalized spacial score (nSPS) is 19.1. The van der Waals surface area contributed by atoms with Gasteiger partial charge in [0, 0.05) is 30.6 Å². The van der Waals surface area contributed by atoms with Gasteiger partial charge < -0.3 is 34.3 Å². The van der Waals surface area contributed by atoms with Crippen molar-refractivity contribution in [2.75, 3.05) is 27.4 Å². The average molecular weight is 852 g/mol. The number of methoxy groups -OCH3 is 2. The third kappa shape index (κ3) is 9.75. The molecule has 0 saturated carbocycles. The van der Waals surface area contributed by atoms with Gasteiger partial charge in [0.25, 0.3) is 14.4 Å². The molecule has 322 valence electrons. The van der Waals surface area contributed by atoms with Crippen molar-refractivity contribution in [2.45, 2.75) is 82.6 Å². The zero-order valence-corrected chi connectivity index (χ0v) is 36.1. The van der Waals surface area contributed by atoms with Crippen molar-refractivity contribution in [1.29, 1.82) is 5.26 Å². The van der Waals surface area contributed by atoms with E-state index in [9.17, 15) is 25.1 Å². The van der Waals surface area contributed by atoms with Crippen LogP contribution in [-0.4, -0.2) is 101 Å². The molecule has 61 heavy (non-hydrogen) atoms. The van der Waals surface area contributed by atoms with Crippen LogP contribution in [0.15, 0.2) is 121 Å². The minimum absolute atomic E-state index is 0.0324. The molecule has 2 unspecified atom stereocenters. The predicted molar refractivity (Wildman–Crippen MR) is 230 cm³/mol. The van der Waals surface area contributed by atoms with E-state index in [-0.39, 0.29) is 43.9 Å². The Labute approximate surface area is 358 Å². The molecule has 3 amide bonds. The molecule has 15 heteroatoms. The van der Waals surface area contributed by atoms with Crippen LogP contribution in [0.2, 0.25) is 0 Å². The van der Waals surface area contributed by atoms with E-state index in [0.717, 1.165) is 10.6 Å². The fourth-order valence-corrected chi connectivity index (χ4v) is 9.50. The van der Waals surface area contributed by atoms with Crippen LogP contribution in [0, 0.1) is 11.3 Å². The monoisotopic (exact) mass is 851 g/mol. The summed E-state index contributed by atoms with van der Waals surface area (Å²) in [4.78, 5) is 29.7. The number of aliphatic hydroxyl groups excluding tert-OH is 2. The molecule has 4 aromatic rings. The number of urea groups is 1. The number of amides is 3. The largest absolute Gasteiger partial charge is 0.497 e. The molecule has 0 bridgehead atoms. The molecule has 3 N–H and O–H groups in total. The number of hydrogen-bond donors (Lipinski definition) is 3. The zero-order chi connectivity index (χ0) is 43.7. The van der Waals surface area contributed by atoms with Crippen LogP contribution >= 0.6 is 8.53 Å². The second-order valence-corrected chi connectivity index (χ2v) is 16.6. The Balaban J connectivity index is 1.38. The number of ether oxygens (including phenoxy) is 3. The van der Waals surface area contributed by atoms with E-state index in [2.05, 4.69) is 11.4 Å². The summed E-state index contributed by atoms with van der Waals surface area (Å²) in [6.07, 6.45) is -3.20. The van der Waals surface area contributed by atoms with Gasteiger partial charge in [0.15, 0.2) is 0 Å². The van der Waals surface area contributed by atoms with Gasteiger partial charge in [0.05, 0.1) is 44.8 Å². The summed E-state index contributed by atoms with van der Waals surface area (Å²) in [5.74, 6) is 0.847. The quantitative estimate of drug-likeness (QED) is 0.0532. The third-order valence-corrected chi connectivity index (χ3v) is 12.8. The van der Waals surface area contributed by atoms with Crippen LogP contribution in [0.25, 0.3) is 0 Å². The van der Waals surface area contributed by atoms with Crippen LogP contribution < -0.4 is 14.8 Å². The van der Waals surface area contributed by atoms with Crippen LogP contribution in [0.3, 0.4) is 0 Å². The van der Waals surface area contributed by atoms with E-state index in [1.54, 1.807) is 50.6 Å². The van der Waals surface area contributed by atoms with Crippen molar-refractivity contribution in [3.8, 4) is 17.6 Å². The molecule has 5 atom stereocenters. The average Bonchev–Trinajstić information content (AvgIpc) is 3.66. The summed E-state index contributed by atoms with van der Waals surface area (Å²) in [6.45, 7) is 7.89. The van der Waals surface area contributed by atoms with Gasteiger partial charge in [-0.2, -0.15) is 9.89 Å². The lowest BCUT2D eigenvalue weighted by molar-refractivity contribution is -0.116. The first-order chi connectivity index (χ1) is 29.4. The standard InChI is InChI=1S/C46H54N5O9P/c1-31(2)51(32(3)4)61(58-29-13-27-47)60-50-40(48-44(54)33-14-9-7-10-15-33)26-28-49(45(50)55)41-30-39(52)42(59-41)43(53)46(34-16-11-8-12-17-34,35-18-22-37(56-5)23-19-35)36-20-24-38(57-6)25-21-36/h7-12,14-26,31-32,39,41-43,52-53H,13,28-30H2,1-6H3,(H,48,54)/t39-,41+,42-,43?,61?/m0/s1. The fourth-order valence-electron chi connectivity index (χ4n) is 7.93. The van der Waals surface area contributed by atoms with Gasteiger partial charge in [0.2, 0.25) is 0 Å². The van der Waals surface area contributed by atoms with Crippen LogP contribution in [0.1, 0.15) is 67.6 Å². The van der Waals surface area contributed by atoms with Gasteiger partial charge >= 0.3 is 6.03 Å². The second kappa shape index (κ2) is 20.5. The van der Waals surface area contributed by atoms with Crippen molar-refractivity contribution in [2.24, 2.45) is 0 Å². The fraction of sp³-hybridized carbons (Fsp3) is 0.370. The molecule has 0 aromatic heterocycles. The summed E-state index contributed by atoms with van der Waals surface area (Å²) >= 11 is 0. The lowest BCUT2D eigenvalue weighted by Gasteiger charge is -2.43. The first-order valence-corrected chi connectivity index (χ1v) is 21.4. The summed E-state index contributed by atoms with van der Waals surface area (Å²) in [6, 6.07) is 34.1. The first-order valence-electron chi connectivity index (χ1n) is 20.2. The summed E-state index contributed by atoms with van der Waals surface area (Å²) in [7, 11) is 1.15. The minimum Gasteiger partial charge on any atom is -0.497 e. The van der Waals surface area contributed by atoms with Crippen molar-refractivity contribution in [3.63, 3.8) is 0 Å². The lowest BCUT2D eigenvalue weighted by atomic mass is 9.64. The number of benzene rings is 4. The Bertz CT molecular complexity index is 2080. The Kier molecular flexibility index (Phi) is 15.2. The molecule has 0 spiro atoms. The molecule has 2 heterocycles. The molecule has 1 fully saturated rings. The Hall–Kier alpha value is -5.36. The van der Waals surface area contributed by atoms with Crippen molar-refractivity contribution < 1.29 is 43.2 Å². The van der Waals surface area contributed by atoms with Crippen molar-refractivity contribution in [1.82, 2.24) is 20.0 Å². The number of aliphatic hydroxyl groups is 2. The highest BCUT2D eigenvalue weighted by Gasteiger charge is 2.54. The molecule has 2 aliphatic rings. The zero-order valence-electron chi connectivity index (χ0n) is 35.3. The number of nitrogens with zero attached hydrogens (tertiary/aromatic N) is 4. The Morgan fingerprint density at radius 2 is 1.44 bits per heavy atom. The predicted octanol–water partition coefficient (Wildman–Crippen LogP) is 7.09. The summed E-state index contributed by atoms with van der Waals surface area (Å²) in [5, 5.41) is 38.0. The SMILES string of the molecule is COc1ccc(C(c2ccccc2)(c2ccc(OC)cc2)C(O)[C@H]2O[C@@H](N3CC=C(NC(=O)c4ccccc4)N(OP(OCCC#N)N(C(C)C)C(C)C)C3=O)C[C@@H]2O)cc1. The number of carbonyl (C=O) groups excluding carboxylic acids is 2. The first kappa shape index (κ1) is 45.2. The van der Waals surface area contributed by atoms with Gasteiger partial charge in [-0.15, -0.1) is 5.06 Å². The highest BCUT2D eigenvalue weighted by molar-refractivity contribution is 7.44. The molecule has 4 aromatic carbocycles. The van der Waals surface area contributed by atoms with Gasteiger partial charge in [-0.05, 0) is 86.9 Å². The van der Waals surface area contributed by atoms with E-state index in [4.69, 9.17) is 23.4 Å². The Morgan fingerprint density at radius 1 is 0.902 bits per heavy atom. The van der Waals surface area contributed by atoms with E-state index in [0.29, 0.717) is 28.2 Å². The van der Waals surface area contributed by atoms with E-state index in [1.807, 2.05) is 111 Å². The van der Waals surface area contributed by atoms with Gasteiger partial charge in [-0.3, -0.25) is 9.69 Å². The molecular weight excluding hydrogens is 798 g/mol. The molecule has 2 aliphatic heterocycles. The topological polar surface area (TPSA) is 166 Å². The maximum atomic E-state index is 14.8. The summed E-state index contributed by atoms with van der Waals surface area (Å²) in [5.41, 5.74) is 1.21. The molecule has 0 radical (unpaired) electrons. The maximum Gasteiger partial charge on any atom is 0.352 e. The smallest absolute Gasteiger partial charge is 0.352 e. The van der Waals surface area contributed by atoms with Crippen LogP contribution in [-0.2, 0) is 19.3 Å². The number of rotatable bonds is 18. The highest BCUT2D eigenvalue weighted by atomic mass is 31.2. The van der Waals surface area contributed by atoms with E-state index in [1.165, 1.54) is 4.90 Å². The lowest BCUT2D eigenvalue weighted by Crippen LogP contribution is -2.54. The third-order valence-electron chi connectivity index (χ3n) is 10.8. The van der Waals surface area contributed by atoms with Crippen LogP contribution in [0.4, 0.5) is 4.79 Å². The number of nitrogens with one attached hydrogen (secondary N) is 1. The maximum absolute atomic E-state index is 14.8. The van der Waals surface area contributed by atoms with Gasteiger partial charge in [-0.1, -0.05) is 72.8 Å². The van der Waals surface area contributed by atoms with Crippen molar-refractivity contribution >= 4 is 20.5 Å². The summed E-state index contributed by atoms with van der Waals surface area (Å²) < 4.78 is 32.2. The van der Waals surface area contributed by atoms with E-state index < -0.39 is 50.4 Å². The van der Waals surface area contributed by atoms with Crippen molar-refractivity contribution in [3.05, 3.63) is 143 Å². The number of hydrogen-bond acceptors (Lipinski definition) is 11. The molecule has 0 aliphatic carbocycles. The number of nitriles is 1. The van der Waals surface area contributed by atoms with Crippen LogP contribution in [0.5, 0.6) is 11.5 Å². The highest BCUT2D eigenvalue weighted by Crippen LogP contribution is 2.49. The molecule has 14 nitrogen and oxygen atoms in total. The van der Waals surface area contributed by atoms with Gasteiger partial charge in [-0.25, -0.2) is 9.46 Å². The number of carbonyl (C=O) groups is 2. The minimum atomic E-state index is -2.01. The second-order valence-electron chi connectivity index (χ2n) is 15.2. The molecule has 1 saturated heterocycles. The molecule has 6 rings (SSSR count). The Morgan fingerprint density at radius 3 is 1.97 bits per heavy atom. The van der Waals surface area contributed by atoms with Gasteiger partial charge in [0.1, 0.15) is 35.8 Å². The van der Waals surface area contributed by atoms with E-state index >= 15 is 0 Å².